The van der Waals surface area contributed by atoms with E-state index in [0.717, 1.165) is 22.4 Å². The zero-order chi connectivity index (χ0) is 26.3. The second-order valence-corrected chi connectivity index (χ2v) is 9.78. The van der Waals surface area contributed by atoms with Gasteiger partial charge >= 0.3 is 12.1 Å². The molecule has 5 rings (SSSR count). The fraction of sp³-hybridized carbons (Fsp3) is 0.333. The van der Waals surface area contributed by atoms with Gasteiger partial charge in [-0.15, -0.1) is 0 Å². The third-order valence-corrected chi connectivity index (χ3v) is 7.85. The molecular weight excluding hydrogens is 466 g/mol. The molecule has 192 valence electrons. The third kappa shape index (κ3) is 4.18. The van der Waals surface area contributed by atoms with E-state index in [1.54, 1.807) is 4.90 Å². The number of carbonyl (C=O) groups is 2. The summed E-state index contributed by atoms with van der Waals surface area (Å²) in [6.45, 7) is 8.35. The van der Waals surface area contributed by atoms with E-state index < -0.39 is 0 Å². The van der Waals surface area contributed by atoms with Crippen molar-refractivity contribution in [2.75, 3.05) is 50.5 Å². The smallest absolute Gasteiger partial charge is 0.409 e. The van der Waals surface area contributed by atoms with Crippen LogP contribution in [0.1, 0.15) is 44.1 Å². The number of anilines is 2. The molecule has 3 aromatic carbocycles. The first-order valence-electron chi connectivity index (χ1n) is 12.7. The minimum absolute atomic E-state index is 0.0372. The Labute approximate surface area is 217 Å². The maximum atomic E-state index is 13.0. The number of amides is 1. The zero-order valence-electron chi connectivity index (χ0n) is 21.8. The molecular formula is C30H33N3O4. The first-order valence-corrected chi connectivity index (χ1v) is 12.7. The van der Waals surface area contributed by atoms with Gasteiger partial charge in [0.15, 0.2) is 0 Å². The molecule has 1 aliphatic carbocycles. The SMILES string of the molecule is COC(=O)c1c(C)c(N)c(C)c(N2CCN(C(=O)OCC3c4ccccc4-c4ccccc43)CC2)c1C. The van der Waals surface area contributed by atoms with Crippen molar-refractivity contribution in [3.05, 3.63) is 81.9 Å². The number of hydrogen-bond acceptors (Lipinski definition) is 6. The predicted molar refractivity (Wildman–Crippen MR) is 145 cm³/mol. The first kappa shape index (κ1) is 24.7. The summed E-state index contributed by atoms with van der Waals surface area (Å²) in [5.41, 5.74) is 15.8. The van der Waals surface area contributed by atoms with E-state index in [-0.39, 0.29) is 18.0 Å². The molecule has 0 aromatic heterocycles. The highest BCUT2D eigenvalue weighted by atomic mass is 16.6. The van der Waals surface area contributed by atoms with Crippen LogP contribution < -0.4 is 10.6 Å². The molecule has 0 bridgehead atoms. The van der Waals surface area contributed by atoms with Crippen LogP contribution >= 0.6 is 0 Å². The van der Waals surface area contributed by atoms with Crippen LogP contribution in [0.5, 0.6) is 0 Å². The summed E-state index contributed by atoms with van der Waals surface area (Å²) in [5.74, 6) is -0.351. The summed E-state index contributed by atoms with van der Waals surface area (Å²) >= 11 is 0. The molecule has 7 nitrogen and oxygen atoms in total. The highest BCUT2D eigenvalue weighted by Crippen LogP contribution is 2.44. The number of ether oxygens (including phenoxy) is 2. The summed E-state index contributed by atoms with van der Waals surface area (Å²) in [7, 11) is 1.38. The Kier molecular flexibility index (Phi) is 6.54. The van der Waals surface area contributed by atoms with E-state index in [1.807, 2.05) is 45.0 Å². The van der Waals surface area contributed by atoms with E-state index in [4.69, 9.17) is 15.2 Å². The number of esters is 1. The minimum atomic E-state index is -0.389. The Hall–Kier alpha value is -4.00. The van der Waals surface area contributed by atoms with Gasteiger partial charge in [-0.05, 0) is 59.7 Å². The predicted octanol–water partition coefficient (Wildman–Crippen LogP) is 5.05. The van der Waals surface area contributed by atoms with E-state index >= 15 is 0 Å². The highest BCUT2D eigenvalue weighted by molar-refractivity contribution is 5.97. The van der Waals surface area contributed by atoms with Crippen molar-refractivity contribution in [3.63, 3.8) is 0 Å². The largest absolute Gasteiger partial charge is 0.465 e. The van der Waals surface area contributed by atoms with Crippen LogP contribution in [0.25, 0.3) is 11.1 Å². The average molecular weight is 500 g/mol. The van der Waals surface area contributed by atoms with Crippen LogP contribution in [0.4, 0.5) is 16.2 Å². The van der Waals surface area contributed by atoms with Gasteiger partial charge in [0.1, 0.15) is 6.61 Å². The van der Waals surface area contributed by atoms with Crippen molar-refractivity contribution < 1.29 is 19.1 Å². The lowest BCUT2D eigenvalue weighted by Gasteiger charge is -2.38. The van der Waals surface area contributed by atoms with Gasteiger partial charge in [0, 0.05) is 43.5 Å². The fourth-order valence-electron chi connectivity index (χ4n) is 5.90. The van der Waals surface area contributed by atoms with Gasteiger partial charge in [-0.3, -0.25) is 0 Å². The van der Waals surface area contributed by atoms with Gasteiger partial charge in [-0.1, -0.05) is 48.5 Å². The van der Waals surface area contributed by atoms with Crippen LogP contribution in [0, 0.1) is 20.8 Å². The molecule has 3 aromatic rings. The summed E-state index contributed by atoms with van der Waals surface area (Å²) in [6, 6.07) is 16.6. The lowest BCUT2D eigenvalue weighted by molar-refractivity contribution is 0.0599. The molecule has 0 radical (unpaired) electrons. The molecule has 0 unspecified atom stereocenters. The Morgan fingerprint density at radius 1 is 0.865 bits per heavy atom. The maximum Gasteiger partial charge on any atom is 0.409 e. The van der Waals surface area contributed by atoms with Gasteiger partial charge in [0.25, 0.3) is 0 Å². The minimum Gasteiger partial charge on any atom is -0.465 e. The van der Waals surface area contributed by atoms with E-state index in [1.165, 1.54) is 29.4 Å². The summed E-state index contributed by atoms with van der Waals surface area (Å²) in [6.07, 6.45) is -0.298. The summed E-state index contributed by atoms with van der Waals surface area (Å²) in [4.78, 5) is 29.5. The number of methoxy groups -OCH3 is 1. The van der Waals surface area contributed by atoms with Gasteiger partial charge in [-0.25, -0.2) is 9.59 Å². The number of rotatable bonds is 4. The standard InChI is InChI=1S/C30H33N3O4/c1-18-26(29(34)36-4)19(2)28(20(3)27(18)31)32-13-15-33(16-14-32)30(35)37-17-25-23-11-7-5-9-21(23)22-10-6-8-12-24(22)25/h5-12,25H,13-17,31H2,1-4H3. The number of piperazine rings is 1. The summed E-state index contributed by atoms with van der Waals surface area (Å²) in [5, 5.41) is 0. The number of fused-ring (bicyclic) bond motifs is 3. The topological polar surface area (TPSA) is 85.1 Å². The number of nitrogens with two attached hydrogens (primary N) is 1. The second-order valence-electron chi connectivity index (χ2n) is 9.78. The quantitative estimate of drug-likeness (QED) is 0.399. The average Bonchev–Trinajstić information content (AvgIpc) is 3.24. The van der Waals surface area contributed by atoms with Crippen molar-refractivity contribution >= 4 is 23.4 Å². The van der Waals surface area contributed by atoms with E-state index in [9.17, 15) is 9.59 Å². The normalized spacial score (nSPS) is 14.8. The van der Waals surface area contributed by atoms with Crippen molar-refractivity contribution in [2.24, 2.45) is 0 Å². The molecule has 1 amide bonds. The first-order chi connectivity index (χ1) is 17.8. The maximum absolute atomic E-state index is 13.0. The molecule has 2 N–H and O–H groups in total. The lowest BCUT2D eigenvalue weighted by atomic mass is 9.94. The molecule has 0 atom stereocenters. The molecule has 1 heterocycles. The molecule has 0 spiro atoms. The van der Waals surface area contributed by atoms with Crippen molar-refractivity contribution in [2.45, 2.75) is 26.7 Å². The van der Waals surface area contributed by atoms with Crippen LogP contribution in [-0.2, 0) is 9.47 Å². The highest BCUT2D eigenvalue weighted by Gasteiger charge is 2.31. The van der Waals surface area contributed by atoms with Crippen molar-refractivity contribution in [3.8, 4) is 11.1 Å². The van der Waals surface area contributed by atoms with Gasteiger partial charge < -0.3 is 25.0 Å². The zero-order valence-corrected chi connectivity index (χ0v) is 21.8. The van der Waals surface area contributed by atoms with Crippen molar-refractivity contribution in [1.29, 1.82) is 0 Å². The monoisotopic (exact) mass is 499 g/mol. The molecule has 2 aliphatic rings. The van der Waals surface area contributed by atoms with Crippen LogP contribution in [-0.4, -0.2) is 56.9 Å². The van der Waals surface area contributed by atoms with Crippen LogP contribution in [0.15, 0.2) is 48.5 Å². The van der Waals surface area contributed by atoms with Gasteiger partial charge in [-0.2, -0.15) is 0 Å². The Bertz CT molecular complexity index is 1330. The Balaban J connectivity index is 1.27. The van der Waals surface area contributed by atoms with E-state index in [2.05, 4.69) is 29.2 Å². The third-order valence-electron chi connectivity index (χ3n) is 7.85. The molecule has 37 heavy (non-hydrogen) atoms. The van der Waals surface area contributed by atoms with Crippen molar-refractivity contribution in [1.82, 2.24) is 4.90 Å². The number of nitrogen functional groups attached to an aromatic ring is 1. The second kappa shape index (κ2) is 9.81. The number of nitrogens with zero attached hydrogens (tertiary/aromatic N) is 2. The van der Waals surface area contributed by atoms with Gasteiger partial charge in [0.05, 0.1) is 12.7 Å². The molecule has 0 saturated carbocycles. The number of benzene rings is 3. The summed E-state index contributed by atoms with van der Waals surface area (Å²) < 4.78 is 10.9. The molecule has 7 heteroatoms. The molecule has 1 fully saturated rings. The fourth-order valence-corrected chi connectivity index (χ4v) is 5.90. The van der Waals surface area contributed by atoms with Crippen LogP contribution in [0.2, 0.25) is 0 Å². The lowest BCUT2D eigenvalue weighted by Crippen LogP contribution is -2.49. The number of carbonyl (C=O) groups excluding carboxylic acids is 2. The van der Waals surface area contributed by atoms with Crippen LogP contribution in [0.3, 0.4) is 0 Å². The molecule has 1 aliphatic heterocycles. The number of hydrogen-bond donors (Lipinski definition) is 1. The van der Waals surface area contributed by atoms with Gasteiger partial charge in [0.2, 0.25) is 0 Å². The van der Waals surface area contributed by atoms with E-state index in [0.29, 0.717) is 44.0 Å². The molecule has 1 saturated heterocycles. The Morgan fingerprint density at radius 2 is 1.43 bits per heavy atom. The Morgan fingerprint density at radius 3 is 2.00 bits per heavy atom.